The Kier molecular flexibility index (Phi) is 9.30. The molecule has 4 rings (SSSR count). The van der Waals surface area contributed by atoms with Gasteiger partial charge in [0.1, 0.15) is 23.8 Å². The largest absolute Gasteiger partial charge is 0.490 e. The lowest BCUT2D eigenvalue weighted by molar-refractivity contribution is 0.0889. The molecule has 1 fully saturated rings. The predicted molar refractivity (Wildman–Crippen MR) is 142 cm³/mol. The second-order valence-electron chi connectivity index (χ2n) is 9.34. The lowest BCUT2D eigenvalue weighted by Crippen LogP contribution is -2.39. The van der Waals surface area contributed by atoms with Crippen LogP contribution in [-0.2, 0) is 0 Å². The molecule has 0 spiro atoms. The number of ether oxygens (including phenoxy) is 1. The van der Waals surface area contributed by atoms with E-state index >= 15 is 0 Å². The van der Waals surface area contributed by atoms with Crippen molar-refractivity contribution in [3.05, 3.63) is 78.4 Å². The number of benzene rings is 2. The van der Waals surface area contributed by atoms with Gasteiger partial charge in [0.25, 0.3) is 0 Å². The van der Waals surface area contributed by atoms with Gasteiger partial charge >= 0.3 is 0 Å². The van der Waals surface area contributed by atoms with Crippen LogP contribution in [-0.4, -0.2) is 68.7 Å². The Hall–Kier alpha value is -2.97. The van der Waals surface area contributed by atoms with E-state index in [1.807, 2.05) is 35.0 Å². The van der Waals surface area contributed by atoms with Crippen molar-refractivity contribution < 1.29 is 20.1 Å². The second kappa shape index (κ2) is 12.8. The van der Waals surface area contributed by atoms with Crippen molar-refractivity contribution >= 4 is 6.08 Å². The van der Waals surface area contributed by atoms with Crippen molar-refractivity contribution in [2.45, 2.75) is 44.4 Å². The molecule has 2 heterocycles. The van der Waals surface area contributed by atoms with Crippen molar-refractivity contribution in [1.29, 1.82) is 0 Å². The van der Waals surface area contributed by atoms with Crippen LogP contribution in [0.25, 0.3) is 17.2 Å². The molecule has 0 saturated carbocycles. The molecule has 0 unspecified atom stereocenters. The molecule has 2 atom stereocenters. The average molecular weight is 492 g/mol. The summed E-state index contributed by atoms with van der Waals surface area (Å²) in [5, 5.41) is 28.6. The third kappa shape index (κ3) is 6.83. The minimum atomic E-state index is -0.671. The van der Waals surface area contributed by atoms with Gasteiger partial charge in [-0.15, -0.1) is 0 Å². The van der Waals surface area contributed by atoms with E-state index in [4.69, 9.17) is 9.84 Å². The van der Waals surface area contributed by atoms with Crippen molar-refractivity contribution in [2.75, 3.05) is 32.8 Å². The number of hydrogen-bond acceptors (Lipinski definition) is 6. The summed E-state index contributed by atoms with van der Waals surface area (Å²) in [6.45, 7) is 4.63. The van der Waals surface area contributed by atoms with Gasteiger partial charge in [-0.25, -0.2) is 4.98 Å². The van der Waals surface area contributed by atoms with Gasteiger partial charge in [0.15, 0.2) is 0 Å². The minimum absolute atomic E-state index is 0.0496. The summed E-state index contributed by atoms with van der Waals surface area (Å²) in [4.78, 5) is 6.52. The van der Waals surface area contributed by atoms with Crippen LogP contribution in [0.2, 0.25) is 0 Å². The van der Waals surface area contributed by atoms with E-state index in [0.29, 0.717) is 12.2 Å². The van der Waals surface area contributed by atoms with Crippen LogP contribution >= 0.6 is 0 Å². The van der Waals surface area contributed by atoms with Crippen LogP contribution < -0.4 is 4.74 Å². The van der Waals surface area contributed by atoms with Gasteiger partial charge in [-0.2, -0.15) is 0 Å². The van der Waals surface area contributed by atoms with Crippen molar-refractivity contribution in [3.8, 4) is 16.9 Å². The Morgan fingerprint density at radius 2 is 1.67 bits per heavy atom. The number of rotatable bonds is 11. The molecule has 36 heavy (non-hydrogen) atoms. The number of imidazole rings is 1. The number of aromatic nitrogens is 2. The summed E-state index contributed by atoms with van der Waals surface area (Å²) in [5.74, 6) is 1.48. The topological polar surface area (TPSA) is 91.0 Å². The fraction of sp³-hybridized carbons (Fsp3) is 0.414. The number of aliphatic hydroxyl groups excluding tert-OH is 3. The Bertz CT molecular complexity index is 1080. The molecule has 2 aromatic carbocycles. The molecule has 192 valence electrons. The molecule has 0 bridgehead atoms. The van der Waals surface area contributed by atoms with Crippen LogP contribution in [0.5, 0.6) is 5.75 Å². The van der Waals surface area contributed by atoms with E-state index in [1.165, 1.54) is 0 Å². The standard InChI is InChI=1S/C29H37N3O4/c1-22(35)29-30-15-18-32(29)26(14-20-33)9-4-23-2-5-24(6-3-23)25-7-10-27(11-8-25)36-28-12-16-31(17-13-28)19-21-34/h2-11,15,18,22,26,28,33-35H,12-14,16-17,19-21H2,1H3/b9-4+/t22-,26-/m0/s1. The van der Waals surface area contributed by atoms with Crippen LogP contribution in [0.1, 0.15) is 49.7 Å². The summed E-state index contributed by atoms with van der Waals surface area (Å²) in [6, 6.07) is 16.5. The number of piperidine rings is 1. The molecular formula is C29H37N3O4. The highest BCUT2D eigenvalue weighted by atomic mass is 16.5. The van der Waals surface area contributed by atoms with Gasteiger partial charge in [0, 0.05) is 38.6 Å². The number of nitrogens with zero attached hydrogens (tertiary/aromatic N) is 3. The van der Waals surface area contributed by atoms with E-state index in [0.717, 1.165) is 54.9 Å². The third-order valence-electron chi connectivity index (χ3n) is 6.72. The first-order valence-corrected chi connectivity index (χ1v) is 12.8. The normalized spacial score (nSPS) is 16.9. The van der Waals surface area contributed by atoms with E-state index in [2.05, 4.69) is 46.3 Å². The summed E-state index contributed by atoms with van der Waals surface area (Å²) in [5.41, 5.74) is 3.33. The van der Waals surface area contributed by atoms with Gasteiger partial charge in [-0.1, -0.05) is 48.6 Å². The number of likely N-dealkylation sites (tertiary alicyclic amines) is 1. The average Bonchev–Trinajstić information content (AvgIpc) is 3.39. The molecule has 0 radical (unpaired) electrons. The zero-order chi connectivity index (χ0) is 25.3. The Morgan fingerprint density at radius 1 is 1.00 bits per heavy atom. The maximum atomic E-state index is 9.97. The molecule has 7 nitrogen and oxygen atoms in total. The lowest BCUT2D eigenvalue weighted by atomic mass is 10.0. The molecule has 0 amide bonds. The number of aliphatic hydroxyl groups is 3. The second-order valence-corrected chi connectivity index (χ2v) is 9.34. The third-order valence-corrected chi connectivity index (χ3v) is 6.72. The molecule has 3 N–H and O–H groups in total. The molecular weight excluding hydrogens is 454 g/mol. The quantitative estimate of drug-likeness (QED) is 0.375. The van der Waals surface area contributed by atoms with E-state index in [1.54, 1.807) is 13.1 Å². The molecule has 0 aliphatic carbocycles. The van der Waals surface area contributed by atoms with Gasteiger partial charge in [-0.3, -0.25) is 0 Å². The first-order valence-electron chi connectivity index (χ1n) is 12.8. The summed E-state index contributed by atoms with van der Waals surface area (Å²) in [7, 11) is 0. The van der Waals surface area contributed by atoms with E-state index < -0.39 is 6.10 Å². The lowest BCUT2D eigenvalue weighted by Gasteiger charge is -2.31. The minimum Gasteiger partial charge on any atom is -0.490 e. The first kappa shape index (κ1) is 26.1. The van der Waals surface area contributed by atoms with Crippen LogP contribution in [0, 0.1) is 0 Å². The number of allylic oxidation sites excluding steroid dienone is 1. The molecule has 1 saturated heterocycles. The van der Waals surface area contributed by atoms with Crippen molar-refractivity contribution in [3.63, 3.8) is 0 Å². The van der Waals surface area contributed by atoms with Crippen LogP contribution in [0.15, 0.2) is 67.0 Å². The zero-order valence-electron chi connectivity index (χ0n) is 20.9. The smallest absolute Gasteiger partial charge is 0.137 e. The highest BCUT2D eigenvalue weighted by molar-refractivity contribution is 5.66. The van der Waals surface area contributed by atoms with Crippen molar-refractivity contribution in [1.82, 2.24) is 14.5 Å². The molecule has 3 aromatic rings. The van der Waals surface area contributed by atoms with E-state index in [9.17, 15) is 10.2 Å². The Morgan fingerprint density at radius 3 is 2.28 bits per heavy atom. The van der Waals surface area contributed by atoms with Crippen molar-refractivity contribution in [2.24, 2.45) is 0 Å². The summed E-state index contributed by atoms with van der Waals surface area (Å²) in [6.07, 6.45) is 9.66. The van der Waals surface area contributed by atoms with Gasteiger partial charge in [-0.05, 0) is 55.0 Å². The Labute approximate surface area is 213 Å². The van der Waals surface area contributed by atoms with Crippen LogP contribution in [0.4, 0.5) is 0 Å². The molecule has 1 aliphatic rings. The van der Waals surface area contributed by atoms with Gasteiger partial charge < -0.3 is 29.5 Å². The number of hydrogen-bond donors (Lipinski definition) is 3. The van der Waals surface area contributed by atoms with Gasteiger partial charge in [0.2, 0.25) is 0 Å². The molecule has 1 aromatic heterocycles. The maximum Gasteiger partial charge on any atom is 0.137 e. The van der Waals surface area contributed by atoms with Gasteiger partial charge in [0.05, 0.1) is 12.6 Å². The predicted octanol–water partition coefficient (Wildman–Crippen LogP) is 4.08. The fourth-order valence-corrected chi connectivity index (χ4v) is 4.71. The molecule has 7 heteroatoms. The highest BCUT2D eigenvalue weighted by Gasteiger charge is 2.20. The first-order chi connectivity index (χ1) is 17.6. The SMILES string of the molecule is C[C@H](O)c1nccn1[C@@H](/C=C/c1ccc(-c2ccc(OC3CCN(CCO)CC3)cc2)cc1)CCO. The Balaban J connectivity index is 1.36. The fourth-order valence-electron chi connectivity index (χ4n) is 4.71. The maximum absolute atomic E-state index is 9.97. The zero-order valence-corrected chi connectivity index (χ0v) is 20.9. The van der Waals surface area contributed by atoms with E-state index in [-0.39, 0.29) is 25.4 Å². The summed E-state index contributed by atoms with van der Waals surface area (Å²) < 4.78 is 8.09. The monoisotopic (exact) mass is 491 g/mol. The van der Waals surface area contributed by atoms with Crippen LogP contribution in [0.3, 0.4) is 0 Å². The summed E-state index contributed by atoms with van der Waals surface area (Å²) >= 11 is 0. The number of β-amino-alcohol motifs (C(OH)–C–C–N with tert-alkyl or cyclic N) is 1. The highest BCUT2D eigenvalue weighted by Crippen LogP contribution is 2.26. The molecule has 1 aliphatic heterocycles.